The Morgan fingerprint density at radius 3 is 2.32 bits per heavy atom. The summed E-state index contributed by atoms with van der Waals surface area (Å²) in [5.41, 5.74) is 1.49. The molecule has 1 saturated carbocycles. The zero-order valence-electron chi connectivity index (χ0n) is 11.8. The Hall–Kier alpha value is -0.280. The molecule has 0 amide bonds. The number of nitrogens with one attached hydrogen (secondary N) is 1. The van der Waals surface area contributed by atoms with Gasteiger partial charge in [0.15, 0.2) is 0 Å². The molecule has 2 nitrogen and oxygen atoms in total. The van der Waals surface area contributed by atoms with Crippen LogP contribution < -0.4 is 5.32 Å². The summed E-state index contributed by atoms with van der Waals surface area (Å²) in [6.45, 7) is 9.07. The van der Waals surface area contributed by atoms with Gasteiger partial charge in [-0.3, -0.25) is 0 Å². The first-order valence-corrected chi connectivity index (χ1v) is 6.85. The number of halogens is 2. The van der Waals surface area contributed by atoms with Gasteiger partial charge in [-0.15, -0.1) is 24.8 Å². The van der Waals surface area contributed by atoms with Gasteiger partial charge in [0, 0.05) is 25.0 Å². The Balaban J connectivity index is 0.00000162. The number of hydrogen-bond acceptors (Lipinski definition) is 2. The lowest BCUT2D eigenvalue weighted by molar-refractivity contribution is 0.302. The van der Waals surface area contributed by atoms with Crippen LogP contribution in [0.15, 0.2) is 30.3 Å². The van der Waals surface area contributed by atoms with E-state index in [4.69, 9.17) is 0 Å². The molecule has 2 unspecified atom stereocenters. The topological polar surface area (TPSA) is 15.3 Å². The SMILES string of the molecule is CCN(CC)CCNC1CC1c1ccccc1.Cl.Cl. The zero-order chi connectivity index (χ0) is 12.1. The van der Waals surface area contributed by atoms with Crippen molar-refractivity contribution in [2.75, 3.05) is 26.2 Å². The molecular weight excluding hydrogens is 279 g/mol. The Labute approximate surface area is 129 Å². The first-order valence-electron chi connectivity index (χ1n) is 6.85. The van der Waals surface area contributed by atoms with Crippen LogP contribution in [0.1, 0.15) is 31.7 Å². The third-order valence-electron chi connectivity index (χ3n) is 3.75. The molecule has 0 aromatic heterocycles. The Kier molecular flexibility index (Phi) is 9.46. The summed E-state index contributed by atoms with van der Waals surface area (Å²) in [6, 6.07) is 11.6. The molecule has 0 radical (unpaired) electrons. The molecule has 19 heavy (non-hydrogen) atoms. The van der Waals surface area contributed by atoms with Crippen molar-refractivity contribution in [3.05, 3.63) is 35.9 Å². The van der Waals surface area contributed by atoms with E-state index in [0.29, 0.717) is 6.04 Å². The number of rotatable bonds is 7. The zero-order valence-corrected chi connectivity index (χ0v) is 13.5. The molecule has 0 heterocycles. The number of benzene rings is 1. The number of nitrogens with zero attached hydrogens (tertiary/aromatic N) is 1. The fourth-order valence-corrected chi connectivity index (χ4v) is 2.44. The van der Waals surface area contributed by atoms with Crippen LogP contribution in [0.2, 0.25) is 0 Å². The second-order valence-corrected chi connectivity index (χ2v) is 4.84. The van der Waals surface area contributed by atoms with Gasteiger partial charge in [0.2, 0.25) is 0 Å². The van der Waals surface area contributed by atoms with Gasteiger partial charge in [0.1, 0.15) is 0 Å². The fourth-order valence-electron chi connectivity index (χ4n) is 2.44. The van der Waals surface area contributed by atoms with Crippen molar-refractivity contribution < 1.29 is 0 Å². The van der Waals surface area contributed by atoms with E-state index in [1.165, 1.54) is 18.5 Å². The fraction of sp³-hybridized carbons (Fsp3) is 0.600. The molecule has 1 aromatic carbocycles. The van der Waals surface area contributed by atoms with Crippen molar-refractivity contribution in [1.82, 2.24) is 10.2 Å². The lowest BCUT2D eigenvalue weighted by Gasteiger charge is -2.18. The molecule has 0 spiro atoms. The van der Waals surface area contributed by atoms with Crippen LogP contribution in [-0.4, -0.2) is 37.1 Å². The van der Waals surface area contributed by atoms with Gasteiger partial charge in [-0.25, -0.2) is 0 Å². The normalized spacial score (nSPS) is 20.6. The van der Waals surface area contributed by atoms with E-state index < -0.39 is 0 Å². The van der Waals surface area contributed by atoms with Crippen LogP contribution >= 0.6 is 24.8 Å². The summed E-state index contributed by atoms with van der Waals surface area (Å²) < 4.78 is 0. The van der Waals surface area contributed by atoms with Crippen molar-refractivity contribution in [2.45, 2.75) is 32.2 Å². The summed E-state index contributed by atoms with van der Waals surface area (Å²) in [4.78, 5) is 2.47. The summed E-state index contributed by atoms with van der Waals surface area (Å²) in [7, 11) is 0. The summed E-state index contributed by atoms with van der Waals surface area (Å²) in [5.74, 6) is 0.757. The minimum absolute atomic E-state index is 0. The molecular formula is C15H26Cl2N2. The first kappa shape index (κ1) is 18.7. The standard InChI is InChI=1S/C15H24N2.2ClH/c1-3-17(4-2)11-10-16-15-12-14(15)13-8-6-5-7-9-13;;/h5-9,14-16H,3-4,10-12H2,1-2H3;2*1H. The maximum Gasteiger partial charge on any atom is 0.0143 e. The Bertz CT molecular complexity index is 328. The molecule has 4 heteroatoms. The van der Waals surface area contributed by atoms with Crippen LogP contribution in [0.4, 0.5) is 0 Å². The third-order valence-corrected chi connectivity index (χ3v) is 3.75. The van der Waals surface area contributed by atoms with E-state index in [-0.39, 0.29) is 24.8 Å². The lowest BCUT2D eigenvalue weighted by atomic mass is 10.1. The molecule has 2 atom stereocenters. The van der Waals surface area contributed by atoms with Crippen LogP contribution in [0.5, 0.6) is 0 Å². The van der Waals surface area contributed by atoms with Crippen LogP contribution in [-0.2, 0) is 0 Å². The molecule has 1 fully saturated rings. The molecule has 1 aliphatic carbocycles. The molecule has 0 saturated heterocycles. The highest BCUT2D eigenvalue weighted by Gasteiger charge is 2.37. The molecule has 0 aliphatic heterocycles. The van der Waals surface area contributed by atoms with E-state index in [1.807, 2.05) is 0 Å². The predicted octanol–water partition coefficient (Wildman–Crippen LogP) is 3.32. The summed E-state index contributed by atoms with van der Waals surface area (Å²) >= 11 is 0. The van der Waals surface area contributed by atoms with Gasteiger partial charge in [-0.1, -0.05) is 44.2 Å². The van der Waals surface area contributed by atoms with E-state index in [1.54, 1.807) is 0 Å². The van der Waals surface area contributed by atoms with Gasteiger partial charge in [0.05, 0.1) is 0 Å². The summed E-state index contributed by atoms with van der Waals surface area (Å²) in [5, 5.41) is 3.66. The van der Waals surface area contributed by atoms with Crippen molar-refractivity contribution in [1.29, 1.82) is 0 Å². The van der Waals surface area contributed by atoms with Gasteiger partial charge in [-0.05, 0) is 25.1 Å². The number of likely N-dealkylation sites (N-methyl/N-ethyl adjacent to an activating group) is 1. The summed E-state index contributed by atoms with van der Waals surface area (Å²) in [6.07, 6.45) is 1.31. The van der Waals surface area contributed by atoms with Crippen molar-refractivity contribution in [3.8, 4) is 0 Å². The van der Waals surface area contributed by atoms with Crippen molar-refractivity contribution >= 4 is 24.8 Å². The number of hydrogen-bond donors (Lipinski definition) is 1. The largest absolute Gasteiger partial charge is 0.312 e. The van der Waals surface area contributed by atoms with E-state index in [2.05, 4.69) is 54.4 Å². The minimum Gasteiger partial charge on any atom is -0.312 e. The highest BCUT2D eigenvalue weighted by molar-refractivity contribution is 5.85. The van der Waals surface area contributed by atoms with Gasteiger partial charge < -0.3 is 10.2 Å². The predicted molar refractivity (Wildman–Crippen MR) is 87.9 cm³/mol. The average Bonchev–Trinajstić information content (AvgIpc) is 3.15. The second kappa shape index (κ2) is 9.60. The van der Waals surface area contributed by atoms with E-state index in [9.17, 15) is 0 Å². The van der Waals surface area contributed by atoms with Gasteiger partial charge in [-0.2, -0.15) is 0 Å². The van der Waals surface area contributed by atoms with Crippen molar-refractivity contribution in [2.24, 2.45) is 0 Å². The van der Waals surface area contributed by atoms with Crippen molar-refractivity contribution in [3.63, 3.8) is 0 Å². The lowest BCUT2D eigenvalue weighted by Crippen LogP contribution is -2.33. The van der Waals surface area contributed by atoms with E-state index >= 15 is 0 Å². The van der Waals surface area contributed by atoms with Crippen LogP contribution in [0.25, 0.3) is 0 Å². The smallest absolute Gasteiger partial charge is 0.0143 e. The second-order valence-electron chi connectivity index (χ2n) is 4.84. The maximum absolute atomic E-state index is 3.66. The molecule has 1 aromatic rings. The van der Waals surface area contributed by atoms with Gasteiger partial charge >= 0.3 is 0 Å². The molecule has 110 valence electrons. The minimum atomic E-state index is 0. The Morgan fingerprint density at radius 1 is 1.11 bits per heavy atom. The highest BCUT2D eigenvalue weighted by Crippen LogP contribution is 2.40. The monoisotopic (exact) mass is 304 g/mol. The average molecular weight is 305 g/mol. The van der Waals surface area contributed by atoms with E-state index in [0.717, 1.165) is 25.6 Å². The highest BCUT2D eigenvalue weighted by atomic mass is 35.5. The molecule has 0 bridgehead atoms. The molecule has 1 N–H and O–H groups in total. The van der Waals surface area contributed by atoms with Crippen LogP contribution in [0, 0.1) is 0 Å². The quantitative estimate of drug-likeness (QED) is 0.831. The Morgan fingerprint density at radius 2 is 1.74 bits per heavy atom. The first-order chi connectivity index (χ1) is 8.35. The van der Waals surface area contributed by atoms with Gasteiger partial charge in [0.25, 0.3) is 0 Å². The molecule has 2 rings (SSSR count). The third kappa shape index (κ3) is 5.70. The molecule has 1 aliphatic rings. The maximum atomic E-state index is 3.66. The van der Waals surface area contributed by atoms with Crippen LogP contribution in [0.3, 0.4) is 0 Å².